The molecule has 70 heavy (non-hydrogen) atoms. The van der Waals surface area contributed by atoms with E-state index in [1.807, 2.05) is 0 Å². The summed E-state index contributed by atoms with van der Waals surface area (Å²) in [7, 11) is -21.0. The zero-order valence-electron chi connectivity index (χ0n) is 36.8. The number of carboxylic acid groups (broad SMARTS) is 1. The standard InChI is InChI=1S/C16H38O7Si4.C14H39O8PSi4.16CH4/c1-24(2,3)21-26(7,8)23-27(9,22-25(4,5)6)12-10-11-20-14-15(17)13-16(18)19;1-24(2,3)20-26(7,8)22-27(9,21-25(4,5)6)14-10-11-18-12-13-19-23(15,16)17;;;;;;;;;;;;;;;;/h10-14H2,1-9H3,(H,18,19);10-14H2,1-9H3,(H2,15,16,17);16*1H4. The molecule has 2 unspecified atom stereocenters. The summed E-state index contributed by atoms with van der Waals surface area (Å²) in [5, 5.41) is 8.58. The predicted octanol–water partition coefficient (Wildman–Crippen LogP) is 18.1. The molecule has 452 valence electrons. The lowest BCUT2D eigenvalue weighted by molar-refractivity contribution is -0.141. The second kappa shape index (κ2) is 51.8. The Kier molecular flexibility index (Phi) is 91.4. The fourth-order valence-corrected chi connectivity index (χ4v) is 42.0. The molecule has 0 aliphatic rings. The predicted molar refractivity (Wildman–Crippen MR) is 342 cm³/mol. The minimum absolute atomic E-state index is 0. The van der Waals surface area contributed by atoms with Gasteiger partial charge in [-0.05, 0) is 143 Å². The van der Waals surface area contributed by atoms with Gasteiger partial charge in [0.05, 0.1) is 13.2 Å². The fraction of sp³-hybridized carbons (Fsp3) is 0.957. The fourth-order valence-electron chi connectivity index (χ4n) is 5.81. The van der Waals surface area contributed by atoms with E-state index in [1.54, 1.807) is 0 Å². The molecule has 3 N–H and O–H groups in total. The number of phosphoric ester groups is 1. The van der Waals surface area contributed by atoms with E-state index in [4.69, 9.17) is 49.1 Å². The maximum absolute atomic E-state index is 11.4. The minimum Gasteiger partial charge on any atom is -0.481 e. The molecule has 0 saturated carbocycles. The van der Waals surface area contributed by atoms with Crippen LogP contribution in [-0.2, 0) is 52.8 Å². The van der Waals surface area contributed by atoms with Crippen LogP contribution >= 0.6 is 7.82 Å². The summed E-state index contributed by atoms with van der Waals surface area (Å²) < 4.78 is 64.5. The monoisotopic (exact) mass is 1190 g/mol. The summed E-state index contributed by atoms with van der Waals surface area (Å²) in [5.41, 5.74) is 0. The summed E-state index contributed by atoms with van der Waals surface area (Å²) in [6, 6.07) is 1.53. The Labute approximate surface area is 453 Å². The van der Waals surface area contributed by atoms with Crippen LogP contribution < -0.4 is 0 Å². The van der Waals surface area contributed by atoms with E-state index >= 15 is 0 Å². The molecular weight excluding hydrogens is 1050 g/mol. The van der Waals surface area contributed by atoms with Crippen molar-refractivity contribution in [3.63, 3.8) is 0 Å². The normalized spacial score (nSPS) is 12.3. The van der Waals surface area contributed by atoms with Crippen LogP contribution in [0.1, 0.15) is 138 Å². The summed E-state index contributed by atoms with van der Waals surface area (Å²) in [6.07, 6.45) is 0.952. The van der Waals surface area contributed by atoms with Gasteiger partial charge in [0.15, 0.2) is 39.1 Å². The van der Waals surface area contributed by atoms with E-state index in [-0.39, 0.29) is 139 Å². The van der Waals surface area contributed by atoms with Crippen molar-refractivity contribution in [2.24, 2.45) is 0 Å². The van der Waals surface area contributed by atoms with Crippen LogP contribution in [0.5, 0.6) is 0 Å². The maximum Gasteiger partial charge on any atom is 0.469 e. The molecule has 0 fully saturated rings. The van der Waals surface area contributed by atoms with Gasteiger partial charge in [-0.3, -0.25) is 14.1 Å². The number of ketones is 1. The molecule has 0 aliphatic carbocycles. The highest BCUT2D eigenvalue weighted by Gasteiger charge is 2.45. The second-order valence-corrected chi connectivity index (χ2v) is 52.6. The summed E-state index contributed by atoms with van der Waals surface area (Å²) in [6.45, 7) is 39.1. The summed E-state index contributed by atoms with van der Waals surface area (Å²) in [5.74, 6) is -1.55. The molecule has 0 bridgehead atoms. The average molecular weight is 1190 g/mol. The van der Waals surface area contributed by atoms with E-state index in [0.717, 1.165) is 18.5 Å². The SMILES string of the molecule is C.C.C.C.C.C.C.C.C.C.C.C.C.C.C.C.C[Si](C)(C)O[Si](C)(C)O[Si](C)(CCCOCC(=O)CC(=O)O)O[Si](C)(C)C.C[Si](C)(C)O[Si](C)(C)O[Si](C)(CCCOCCOP(=O)(O)O)O[Si](C)(C)C. The van der Waals surface area contributed by atoms with Crippen LogP contribution in [0, 0.1) is 0 Å². The van der Waals surface area contributed by atoms with Gasteiger partial charge in [0.1, 0.15) is 13.0 Å². The van der Waals surface area contributed by atoms with Crippen molar-refractivity contribution < 1.29 is 67.7 Å². The largest absolute Gasteiger partial charge is 0.481 e. The molecule has 0 aromatic carbocycles. The van der Waals surface area contributed by atoms with E-state index in [1.165, 1.54) is 0 Å². The van der Waals surface area contributed by atoms with Gasteiger partial charge in [0.2, 0.25) is 0 Å². The highest BCUT2D eigenvalue weighted by Crippen LogP contribution is 2.35. The average Bonchev–Trinajstić information content (AvgIpc) is 2.80. The van der Waals surface area contributed by atoms with Crippen molar-refractivity contribution in [1.29, 1.82) is 0 Å². The third-order valence-corrected chi connectivity index (χ3v) is 33.6. The molecule has 0 rings (SSSR count). The van der Waals surface area contributed by atoms with Crippen molar-refractivity contribution in [1.82, 2.24) is 0 Å². The highest BCUT2D eigenvalue weighted by molar-refractivity contribution is 7.46. The molecular formula is C46H141O15PSi8. The third-order valence-electron chi connectivity index (χ3n) is 6.01. The highest BCUT2D eigenvalue weighted by atomic mass is 31.2. The van der Waals surface area contributed by atoms with Gasteiger partial charge in [-0.25, -0.2) is 4.57 Å². The van der Waals surface area contributed by atoms with Gasteiger partial charge in [-0.15, -0.1) is 0 Å². The third kappa shape index (κ3) is 82.7. The first kappa shape index (κ1) is 124. The Balaban J connectivity index is -0.0000000393. The van der Waals surface area contributed by atoms with Gasteiger partial charge in [-0.1, -0.05) is 119 Å². The number of Topliss-reactive ketones (excluding diaryl/α,β-unsaturated/α-hetero) is 1. The van der Waals surface area contributed by atoms with Crippen molar-refractivity contribution >= 4 is 87.1 Å². The van der Waals surface area contributed by atoms with Crippen LogP contribution in [0.25, 0.3) is 0 Å². The molecule has 0 spiro atoms. The zero-order valence-corrected chi connectivity index (χ0v) is 45.7. The van der Waals surface area contributed by atoms with E-state index in [0.29, 0.717) is 19.6 Å². The lowest BCUT2D eigenvalue weighted by atomic mass is 10.3. The first-order chi connectivity index (χ1) is 23.8. The van der Waals surface area contributed by atoms with Crippen LogP contribution in [-0.4, -0.2) is 127 Å². The number of carbonyl (C=O) groups is 2. The first-order valence-corrected chi connectivity index (χ1v) is 44.4. The molecule has 0 saturated heterocycles. The van der Waals surface area contributed by atoms with Crippen molar-refractivity contribution in [3.8, 4) is 0 Å². The molecule has 0 aromatic rings. The first-order valence-electron chi connectivity index (χ1n) is 18.6. The minimum atomic E-state index is -4.43. The van der Waals surface area contributed by atoms with Gasteiger partial charge >= 0.3 is 48.0 Å². The number of aliphatic carboxylic acids is 1. The molecule has 0 aliphatic heterocycles. The quantitative estimate of drug-likeness (QED) is 0.0289. The number of ether oxygens (including phenoxy) is 2. The van der Waals surface area contributed by atoms with Crippen LogP contribution in [0.15, 0.2) is 0 Å². The molecule has 15 nitrogen and oxygen atoms in total. The van der Waals surface area contributed by atoms with Gasteiger partial charge in [0, 0.05) is 13.2 Å². The second-order valence-electron chi connectivity index (χ2n) is 18.4. The van der Waals surface area contributed by atoms with Crippen LogP contribution in [0.2, 0.25) is 130 Å². The maximum atomic E-state index is 11.4. The molecule has 0 radical (unpaired) electrons. The van der Waals surface area contributed by atoms with E-state index in [2.05, 4.69) is 122 Å². The summed E-state index contributed by atoms with van der Waals surface area (Å²) in [4.78, 5) is 39.1. The molecule has 2 atom stereocenters. The number of phosphoric acid groups is 1. The van der Waals surface area contributed by atoms with Crippen molar-refractivity contribution in [2.45, 2.75) is 268 Å². The molecule has 24 heteroatoms. The number of carbonyl (C=O) groups excluding carboxylic acids is 1. The van der Waals surface area contributed by atoms with E-state index in [9.17, 15) is 14.2 Å². The van der Waals surface area contributed by atoms with Crippen LogP contribution in [0.3, 0.4) is 0 Å². The Morgan fingerprint density at radius 2 is 0.671 bits per heavy atom. The van der Waals surface area contributed by atoms with Gasteiger partial charge < -0.3 is 49.1 Å². The van der Waals surface area contributed by atoms with Crippen LogP contribution in [0.4, 0.5) is 0 Å². The summed E-state index contributed by atoms with van der Waals surface area (Å²) >= 11 is 0. The Morgan fingerprint density at radius 3 is 0.914 bits per heavy atom. The van der Waals surface area contributed by atoms with Gasteiger partial charge in [0.25, 0.3) is 0 Å². The lowest BCUT2D eigenvalue weighted by Gasteiger charge is -2.41. The topological polar surface area (TPSA) is 195 Å². The molecule has 0 amide bonds. The number of hydrogen-bond donors (Lipinski definition) is 3. The lowest BCUT2D eigenvalue weighted by Crippen LogP contribution is -2.56. The van der Waals surface area contributed by atoms with Crippen molar-refractivity contribution in [2.75, 3.05) is 33.0 Å². The van der Waals surface area contributed by atoms with Gasteiger partial charge in [-0.2, -0.15) is 0 Å². The smallest absolute Gasteiger partial charge is 0.469 e. The Hall–Kier alpha value is 0.665. The number of hydrogen-bond acceptors (Lipinski definition) is 12. The number of carboxylic acids is 1. The van der Waals surface area contributed by atoms with Crippen molar-refractivity contribution in [3.05, 3.63) is 0 Å². The Bertz CT molecular complexity index is 1180. The zero-order chi connectivity index (χ0) is 43.1. The Morgan fingerprint density at radius 1 is 0.400 bits per heavy atom. The number of rotatable bonds is 28. The van der Waals surface area contributed by atoms with E-state index < -0.39 is 93.5 Å². The molecule has 0 heterocycles. The molecule has 0 aromatic heterocycles.